The van der Waals surface area contributed by atoms with Gasteiger partial charge in [-0.25, -0.2) is 4.39 Å². The predicted molar refractivity (Wildman–Crippen MR) is 42.2 cm³/mol. The van der Waals surface area contributed by atoms with Gasteiger partial charge in [-0.15, -0.1) is 0 Å². The van der Waals surface area contributed by atoms with Crippen LogP contribution >= 0.6 is 0 Å². The van der Waals surface area contributed by atoms with E-state index in [1.54, 1.807) is 0 Å². The molecule has 0 aromatic carbocycles. The number of carbonyl (C=O) groups is 1. The number of aldehydes is 1. The Hall–Kier alpha value is -0.400. The molecule has 1 nitrogen and oxygen atoms in total. The van der Waals surface area contributed by atoms with E-state index >= 15 is 0 Å². The zero-order chi connectivity index (χ0) is 8.10. The molecule has 1 aliphatic carbocycles. The van der Waals surface area contributed by atoms with Gasteiger partial charge in [0.2, 0.25) is 0 Å². The third-order valence-corrected chi connectivity index (χ3v) is 2.48. The average Bonchev–Trinajstić information content (AvgIpc) is 2.07. The summed E-state index contributed by atoms with van der Waals surface area (Å²) in [5, 5.41) is 0. The number of rotatable bonds is 3. The van der Waals surface area contributed by atoms with Crippen LogP contribution in [0.25, 0.3) is 0 Å². The molecule has 0 aliphatic heterocycles. The second kappa shape index (κ2) is 4.47. The van der Waals surface area contributed by atoms with E-state index in [4.69, 9.17) is 0 Å². The number of alkyl halides is 1. The van der Waals surface area contributed by atoms with Crippen molar-refractivity contribution < 1.29 is 9.18 Å². The number of hydrogen-bond donors (Lipinski definition) is 0. The molecule has 1 saturated carbocycles. The molecule has 64 valence electrons. The SMILES string of the molecule is O=CCC(F)C1CCCCC1. The summed E-state index contributed by atoms with van der Waals surface area (Å²) in [5.74, 6) is 0.175. The van der Waals surface area contributed by atoms with Gasteiger partial charge in [0.1, 0.15) is 12.5 Å². The Labute approximate surface area is 67.0 Å². The van der Waals surface area contributed by atoms with Crippen molar-refractivity contribution in [2.45, 2.75) is 44.7 Å². The second-order valence-electron chi connectivity index (χ2n) is 3.32. The van der Waals surface area contributed by atoms with Crippen molar-refractivity contribution in [1.82, 2.24) is 0 Å². The fourth-order valence-electron chi connectivity index (χ4n) is 1.78. The minimum absolute atomic E-state index is 0.102. The number of carbonyl (C=O) groups excluding carboxylic acids is 1. The zero-order valence-corrected chi connectivity index (χ0v) is 6.76. The standard InChI is InChI=1S/C9H15FO/c10-9(6-7-11)8-4-2-1-3-5-8/h7-9H,1-6H2. The molecule has 0 aromatic rings. The lowest BCUT2D eigenvalue weighted by Gasteiger charge is -2.23. The van der Waals surface area contributed by atoms with Crippen LogP contribution in [-0.4, -0.2) is 12.5 Å². The molecule has 0 saturated heterocycles. The van der Waals surface area contributed by atoms with Crippen molar-refractivity contribution in [1.29, 1.82) is 0 Å². The normalized spacial score (nSPS) is 23.0. The summed E-state index contributed by atoms with van der Waals surface area (Å²) in [6.45, 7) is 0. The summed E-state index contributed by atoms with van der Waals surface area (Å²) < 4.78 is 13.1. The van der Waals surface area contributed by atoms with Crippen molar-refractivity contribution in [2.75, 3.05) is 0 Å². The minimum atomic E-state index is -0.868. The van der Waals surface area contributed by atoms with E-state index in [1.807, 2.05) is 0 Å². The molecule has 0 heterocycles. The van der Waals surface area contributed by atoms with Crippen molar-refractivity contribution in [2.24, 2.45) is 5.92 Å². The highest BCUT2D eigenvalue weighted by Gasteiger charge is 2.22. The Balaban J connectivity index is 2.26. The monoisotopic (exact) mass is 158 g/mol. The van der Waals surface area contributed by atoms with Gasteiger partial charge < -0.3 is 4.79 Å². The molecule has 0 N–H and O–H groups in total. The van der Waals surface area contributed by atoms with Gasteiger partial charge in [0.15, 0.2) is 0 Å². The van der Waals surface area contributed by atoms with E-state index in [-0.39, 0.29) is 12.3 Å². The highest BCUT2D eigenvalue weighted by Crippen LogP contribution is 2.28. The second-order valence-corrected chi connectivity index (χ2v) is 3.32. The summed E-state index contributed by atoms with van der Waals surface area (Å²) >= 11 is 0. The third-order valence-electron chi connectivity index (χ3n) is 2.48. The lowest BCUT2D eigenvalue weighted by atomic mass is 9.85. The molecule has 0 bridgehead atoms. The molecule has 1 atom stereocenters. The molecule has 1 aliphatic rings. The lowest BCUT2D eigenvalue weighted by Crippen LogP contribution is -2.19. The zero-order valence-electron chi connectivity index (χ0n) is 6.76. The lowest BCUT2D eigenvalue weighted by molar-refractivity contribution is -0.109. The van der Waals surface area contributed by atoms with Crippen molar-refractivity contribution >= 4 is 6.29 Å². The molecule has 2 heteroatoms. The van der Waals surface area contributed by atoms with Crippen LogP contribution in [0.2, 0.25) is 0 Å². The Kier molecular flexibility index (Phi) is 3.53. The Bertz CT molecular complexity index is 119. The molecule has 1 unspecified atom stereocenters. The number of halogens is 1. The van der Waals surface area contributed by atoms with Gasteiger partial charge in [0.25, 0.3) is 0 Å². The molecule has 1 fully saturated rings. The molecule has 0 spiro atoms. The quantitative estimate of drug-likeness (QED) is 0.577. The van der Waals surface area contributed by atoms with E-state index < -0.39 is 6.17 Å². The molecular formula is C9H15FO. The van der Waals surface area contributed by atoms with Crippen LogP contribution in [0.1, 0.15) is 38.5 Å². The first-order valence-corrected chi connectivity index (χ1v) is 4.42. The summed E-state index contributed by atoms with van der Waals surface area (Å²) in [4.78, 5) is 10.0. The largest absolute Gasteiger partial charge is 0.303 e. The van der Waals surface area contributed by atoms with Crippen molar-refractivity contribution in [3.05, 3.63) is 0 Å². The van der Waals surface area contributed by atoms with Gasteiger partial charge >= 0.3 is 0 Å². The highest BCUT2D eigenvalue weighted by atomic mass is 19.1. The van der Waals surface area contributed by atoms with E-state index in [0.717, 1.165) is 25.7 Å². The van der Waals surface area contributed by atoms with Gasteiger partial charge in [0.05, 0.1) is 0 Å². The summed E-state index contributed by atoms with van der Waals surface area (Å²) in [7, 11) is 0. The van der Waals surface area contributed by atoms with Crippen molar-refractivity contribution in [3.8, 4) is 0 Å². The van der Waals surface area contributed by atoms with Crippen LogP contribution in [0.5, 0.6) is 0 Å². The van der Waals surface area contributed by atoms with E-state index in [2.05, 4.69) is 0 Å². The van der Waals surface area contributed by atoms with Crippen LogP contribution < -0.4 is 0 Å². The Morgan fingerprint density at radius 1 is 1.36 bits per heavy atom. The maximum absolute atomic E-state index is 13.1. The topological polar surface area (TPSA) is 17.1 Å². The summed E-state index contributed by atoms with van der Waals surface area (Å²) in [6, 6.07) is 0. The molecule has 0 aromatic heterocycles. The Morgan fingerprint density at radius 3 is 2.55 bits per heavy atom. The minimum Gasteiger partial charge on any atom is -0.303 e. The molecule has 11 heavy (non-hydrogen) atoms. The average molecular weight is 158 g/mol. The fourth-order valence-corrected chi connectivity index (χ4v) is 1.78. The highest BCUT2D eigenvalue weighted by molar-refractivity contribution is 5.50. The first-order valence-electron chi connectivity index (χ1n) is 4.42. The Morgan fingerprint density at radius 2 is 2.00 bits per heavy atom. The van der Waals surface area contributed by atoms with Crippen LogP contribution in [0.4, 0.5) is 4.39 Å². The number of hydrogen-bond acceptors (Lipinski definition) is 1. The van der Waals surface area contributed by atoms with Crippen LogP contribution in [-0.2, 0) is 4.79 Å². The summed E-state index contributed by atoms with van der Waals surface area (Å²) in [6.07, 6.45) is 5.42. The van der Waals surface area contributed by atoms with Crippen LogP contribution in [0, 0.1) is 5.92 Å². The molecule has 0 radical (unpaired) electrons. The van der Waals surface area contributed by atoms with Crippen LogP contribution in [0.3, 0.4) is 0 Å². The van der Waals surface area contributed by atoms with Gasteiger partial charge in [-0.2, -0.15) is 0 Å². The molecular weight excluding hydrogens is 143 g/mol. The van der Waals surface area contributed by atoms with Crippen molar-refractivity contribution in [3.63, 3.8) is 0 Å². The van der Waals surface area contributed by atoms with Gasteiger partial charge in [-0.3, -0.25) is 0 Å². The smallest absolute Gasteiger partial charge is 0.122 e. The van der Waals surface area contributed by atoms with Crippen LogP contribution in [0.15, 0.2) is 0 Å². The van der Waals surface area contributed by atoms with Gasteiger partial charge in [0, 0.05) is 6.42 Å². The van der Waals surface area contributed by atoms with Gasteiger partial charge in [-0.1, -0.05) is 19.3 Å². The molecule has 0 amide bonds. The summed E-state index contributed by atoms with van der Waals surface area (Å²) in [5.41, 5.74) is 0. The maximum atomic E-state index is 13.1. The van der Waals surface area contributed by atoms with E-state index in [0.29, 0.717) is 6.29 Å². The third kappa shape index (κ3) is 2.60. The van der Waals surface area contributed by atoms with Gasteiger partial charge in [-0.05, 0) is 18.8 Å². The van der Waals surface area contributed by atoms with E-state index in [9.17, 15) is 9.18 Å². The predicted octanol–water partition coefficient (Wildman–Crippen LogP) is 2.49. The first kappa shape index (κ1) is 8.69. The molecule has 1 rings (SSSR count). The maximum Gasteiger partial charge on any atom is 0.122 e. The fraction of sp³-hybridized carbons (Fsp3) is 0.889. The first-order chi connectivity index (χ1) is 5.34. The van der Waals surface area contributed by atoms with E-state index in [1.165, 1.54) is 6.42 Å².